The molecule has 17 heavy (non-hydrogen) atoms. The van der Waals surface area contributed by atoms with Crippen molar-refractivity contribution >= 4 is 12.4 Å². The molecule has 0 saturated heterocycles. The molecule has 1 amide bonds. The fourth-order valence-corrected chi connectivity index (χ4v) is 1.36. The average molecular weight is 241 g/mol. The SMILES string of the molecule is COc1ccc(C(C)(NC=O)C(=O)O)cc1F. The van der Waals surface area contributed by atoms with Crippen molar-refractivity contribution in [1.29, 1.82) is 0 Å². The third kappa shape index (κ3) is 2.35. The number of hydrogen-bond donors (Lipinski definition) is 2. The van der Waals surface area contributed by atoms with Gasteiger partial charge in [-0.2, -0.15) is 0 Å². The second-order valence-corrected chi connectivity index (χ2v) is 3.54. The molecular weight excluding hydrogens is 229 g/mol. The number of benzene rings is 1. The lowest BCUT2D eigenvalue weighted by atomic mass is 9.92. The summed E-state index contributed by atoms with van der Waals surface area (Å²) in [5, 5.41) is 11.2. The van der Waals surface area contributed by atoms with Crippen LogP contribution < -0.4 is 10.1 Å². The molecule has 0 bridgehead atoms. The van der Waals surface area contributed by atoms with Crippen LogP contribution in [0.2, 0.25) is 0 Å². The zero-order chi connectivity index (χ0) is 13.1. The topological polar surface area (TPSA) is 75.6 Å². The molecule has 0 aliphatic heterocycles. The minimum atomic E-state index is -1.67. The molecule has 0 aliphatic rings. The Balaban J connectivity index is 3.25. The fraction of sp³-hybridized carbons (Fsp3) is 0.273. The predicted octanol–water partition coefficient (Wildman–Crippen LogP) is 0.880. The van der Waals surface area contributed by atoms with E-state index < -0.39 is 17.3 Å². The standard InChI is InChI=1S/C11H12FNO4/c1-11(10(15)16,13-6-14)7-3-4-9(17-2)8(12)5-7/h3-6H,1-2H3,(H,13,14)(H,15,16). The maximum Gasteiger partial charge on any atom is 0.333 e. The van der Waals surface area contributed by atoms with Crippen LogP contribution >= 0.6 is 0 Å². The van der Waals surface area contributed by atoms with Gasteiger partial charge in [-0.25, -0.2) is 9.18 Å². The molecule has 5 nitrogen and oxygen atoms in total. The van der Waals surface area contributed by atoms with E-state index in [0.717, 1.165) is 6.07 Å². The van der Waals surface area contributed by atoms with Gasteiger partial charge in [0.1, 0.15) is 0 Å². The van der Waals surface area contributed by atoms with Crippen molar-refractivity contribution in [3.05, 3.63) is 29.6 Å². The van der Waals surface area contributed by atoms with Crippen LogP contribution in [0.5, 0.6) is 5.75 Å². The number of hydrogen-bond acceptors (Lipinski definition) is 3. The van der Waals surface area contributed by atoms with E-state index in [1.54, 1.807) is 0 Å². The van der Waals surface area contributed by atoms with E-state index in [4.69, 9.17) is 9.84 Å². The fourth-order valence-electron chi connectivity index (χ4n) is 1.36. The maximum absolute atomic E-state index is 13.5. The molecule has 1 rings (SSSR count). The van der Waals surface area contributed by atoms with E-state index in [1.807, 2.05) is 0 Å². The van der Waals surface area contributed by atoms with Gasteiger partial charge >= 0.3 is 5.97 Å². The van der Waals surface area contributed by atoms with Gasteiger partial charge in [0.15, 0.2) is 17.1 Å². The lowest BCUT2D eigenvalue weighted by Gasteiger charge is -2.24. The van der Waals surface area contributed by atoms with Crippen LogP contribution in [0.25, 0.3) is 0 Å². The monoisotopic (exact) mass is 241 g/mol. The summed E-state index contributed by atoms with van der Waals surface area (Å²) in [5.41, 5.74) is -1.55. The molecule has 0 saturated carbocycles. The summed E-state index contributed by atoms with van der Waals surface area (Å²) in [4.78, 5) is 21.5. The minimum absolute atomic E-state index is 0.00703. The van der Waals surface area contributed by atoms with Crippen molar-refractivity contribution in [2.24, 2.45) is 0 Å². The molecule has 1 aromatic rings. The molecule has 1 atom stereocenters. The van der Waals surface area contributed by atoms with Crippen LogP contribution in [0, 0.1) is 5.82 Å². The first-order valence-electron chi connectivity index (χ1n) is 4.74. The van der Waals surface area contributed by atoms with E-state index in [1.165, 1.54) is 26.2 Å². The van der Waals surface area contributed by atoms with Crippen molar-refractivity contribution < 1.29 is 23.8 Å². The normalized spacial score (nSPS) is 13.6. The summed E-state index contributed by atoms with van der Waals surface area (Å²) in [6.07, 6.45) is 0.260. The number of carboxylic acid groups (broad SMARTS) is 1. The van der Waals surface area contributed by atoms with E-state index >= 15 is 0 Å². The highest BCUT2D eigenvalue weighted by Gasteiger charge is 2.35. The van der Waals surface area contributed by atoms with Gasteiger partial charge in [0.25, 0.3) is 0 Å². The number of nitrogens with one attached hydrogen (secondary N) is 1. The van der Waals surface area contributed by atoms with Gasteiger partial charge in [-0.15, -0.1) is 0 Å². The molecule has 0 heterocycles. The Kier molecular flexibility index (Phi) is 3.67. The van der Waals surface area contributed by atoms with E-state index in [2.05, 4.69) is 5.32 Å². The van der Waals surface area contributed by atoms with Crippen LogP contribution in [0.15, 0.2) is 18.2 Å². The van der Waals surface area contributed by atoms with Crippen LogP contribution in [0.4, 0.5) is 4.39 Å². The van der Waals surface area contributed by atoms with Crippen LogP contribution in [-0.4, -0.2) is 24.6 Å². The van der Waals surface area contributed by atoms with Gasteiger partial charge in [-0.05, 0) is 24.6 Å². The number of carbonyl (C=O) groups is 2. The molecule has 0 spiro atoms. The molecule has 1 unspecified atom stereocenters. The Morgan fingerprint density at radius 1 is 1.59 bits per heavy atom. The molecule has 0 aromatic heterocycles. The van der Waals surface area contributed by atoms with E-state index in [9.17, 15) is 14.0 Å². The van der Waals surface area contributed by atoms with Gasteiger partial charge < -0.3 is 15.2 Å². The Hall–Kier alpha value is -2.11. The van der Waals surface area contributed by atoms with Crippen molar-refractivity contribution in [3.63, 3.8) is 0 Å². The minimum Gasteiger partial charge on any atom is -0.494 e. The molecule has 92 valence electrons. The number of halogens is 1. The van der Waals surface area contributed by atoms with Crippen molar-refractivity contribution in [1.82, 2.24) is 5.32 Å². The number of carboxylic acids is 1. The third-order valence-corrected chi connectivity index (χ3v) is 2.50. The first kappa shape index (κ1) is 13.0. The molecule has 0 fully saturated rings. The van der Waals surface area contributed by atoms with E-state index in [-0.39, 0.29) is 17.7 Å². The largest absolute Gasteiger partial charge is 0.494 e. The summed E-state index contributed by atoms with van der Waals surface area (Å²) in [5.74, 6) is -1.97. The number of rotatable bonds is 5. The van der Waals surface area contributed by atoms with Crippen LogP contribution in [0.3, 0.4) is 0 Å². The summed E-state index contributed by atoms with van der Waals surface area (Å²) in [6, 6.07) is 3.70. The molecule has 6 heteroatoms. The number of aliphatic carboxylic acids is 1. The Morgan fingerprint density at radius 3 is 2.65 bits per heavy atom. The van der Waals surface area contributed by atoms with E-state index in [0.29, 0.717) is 0 Å². The molecular formula is C11H12FNO4. The van der Waals surface area contributed by atoms with Gasteiger partial charge in [-0.1, -0.05) is 6.07 Å². The Bertz CT molecular complexity index is 449. The quantitative estimate of drug-likeness (QED) is 0.750. The molecule has 2 N–H and O–H groups in total. The molecule has 0 aliphatic carbocycles. The highest BCUT2D eigenvalue weighted by Crippen LogP contribution is 2.25. The third-order valence-electron chi connectivity index (χ3n) is 2.50. The number of carbonyl (C=O) groups excluding carboxylic acids is 1. The average Bonchev–Trinajstić information content (AvgIpc) is 2.28. The first-order chi connectivity index (χ1) is 7.95. The lowest BCUT2D eigenvalue weighted by Crippen LogP contribution is -2.46. The van der Waals surface area contributed by atoms with Crippen molar-refractivity contribution in [2.45, 2.75) is 12.5 Å². The maximum atomic E-state index is 13.5. The highest BCUT2D eigenvalue weighted by molar-refractivity contribution is 5.82. The van der Waals surface area contributed by atoms with Gasteiger partial charge in [-0.3, -0.25) is 4.79 Å². The number of ether oxygens (including phenoxy) is 1. The summed E-state index contributed by atoms with van der Waals surface area (Å²) < 4.78 is 18.2. The predicted molar refractivity (Wildman–Crippen MR) is 57.1 cm³/mol. The van der Waals surface area contributed by atoms with Crippen LogP contribution in [-0.2, 0) is 15.1 Å². The summed E-state index contributed by atoms with van der Waals surface area (Å²) in [7, 11) is 1.30. The lowest BCUT2D eigenvalue weighted by molar-refractivity contribution is -0.145. The van der Waals surface area contributed by atoms with Gasteiger partial charge in [0.2, 0.25) is 6.41 Å². The summed E-state index contributed by atoms with van der Waals surface area (Å²) in [6.45, 7) is 1.27. The highest BCUT2D eigenvalue weighted by atomic mass is 19.1. The second-order valence-electron chi connectivity index (χ2n) is 3.54. The second kappa shape index (κ2) is 4.82. The molecule has 1 aromatic carbocycles. The smallest absolute Gasteiger partial charge is 0.333 e. The number of amides is 1. The van der Waals surface area contributed by atoms with Crippen LogP contribution in [0.1, 0.15) is 12.5 Å². The van der Waals surface area contributed by atoms with Crippen molar-refractivity contribution in [2.75, 3.05) is 7.11 Å². The number of methoxy groups -OCH3 is 1. The molecule has 0 radical (unpaired) electrons. The van der Waals surface area contributed by atoms with Crippen molar-refractivity contribution in [3.8, 4) is 5.75 Å². The Morgan fingerprint density at radius 2 is 2.24 bits per heavy atom. The summed E-state index contributed by atoms with van der Waals surface area (Å²) >= 11 is 0. The zero-order valence-electron chi connectivity index (χ0n) is 9.36. The van der Waals surface area contributed by atoms with Gasteiger partial charge in [0, 0.05) is 0 Å². The zero-order valence-corrected chi connectivity index (χ0v) is 9.36. The first-order valence-corrected chi connectivity index (χ1v) is 4.74. The Labute approximate surface area is 97.2 Å². The van der Waals surface area contributed by atoms with Gasteiger partial charge in [0.05, 0.1) is 7.11 Å².